The number of pyridine rings is 1. The molecule has 6 heteroatoms. The van der Waals surface area contributed by atoms with Gasteiger partial charge in [0.05, 0.1) is 0 Å². The number of aromatic nitrogens is 1. The first-order valence-electron chi connectivity index (χ1n) is 6.39. The molecule has 110 valence electrons. The second kappa shape index (κ2) is 5.05. The molecule has 0 atom stereocenters. The summed E-state index contributed by atoms with van der Waals surface area (Å²) in [5.74, 6) is -1.77. The fraction of sp³-hybridized carbons (Fsp3) is 0.267. The Morgan fingerprint density at radius 2 is 1.86 bits per heavy atom. The Kier molecular flexibility index (Phi) is 3.55. The Hall–Kier alpha value is -2.63. The third kappa shape index (κ3) is 2.40. The number of amides is 1. The van der Waals surface area contributed by atoms with Crippen molar-refractivity contribution in [1.82, 2.24) is 9.88 Å². The van der Waals surface area contributed by atoms with E-state index in [1.54, 1.807) is 24.3 Å². The molecule has 0 spiro atoms. The van der Waals surface area contributed by atoms with E-state index in [0.717, 1.165) is 4.90 Å². The van der Waals surface area contributed by atoms with E-state index < -0.39 is 22.8 Å². The molecular weight excluding hydrogens is 272 g/mol. The molecule has 1 amide bonds. The highest BCUT2D eigenvalue weighted by atomic mass is 16.4. The van der Waals surface area contributed by atoms with Crippen LogP contribution in [0.3, 0.4) is 0 Å². The third-order valence-corrected chi connectivity index (χ3v) is 3.69. The van der Waals surface area contributed by atoms with Crippen LogP contribution >= 0.6 is 0 Å². The van der Waals surface area contributed by atoms with Gasteiger partial charge in [0.1, 0.15) is 11.1 Å². The van der Waals surface area contributed by atoms with E-state index in [1.807, 2.05) is 0 Å². The van der Waals surface area contributed by atoms with Crippen LogP contribution in [0.15, 0.2) is 35.3 Å². The summed E-state index contributed by atoms with van der Waals surface area (Å²) < 4.78 is 0. The molecule has 2 N–H and O–H groups in total. The number of carboxylic acids is 1. The molecule has 21 heavy (non-hydrogen) atoms. The topological polar surface area (TPSA) is 90.5 Å². The van der Waals surface area contributed by atoms with Crippen LogP contribution in [0.1, 0.15) is 24.2 Å². The Morgan fingerprint density at radius 3 is 2.48 bits per heavy atom. The van der Waals surface area contributed by atoms with E-state index in [1.165, 1.54) is 27.1 Å². The second-order valence-corrected chi connectivity index (χ2v) is 5.31. The number of para-hydroxylation sites is 1. The Morgan fingerprint density at radius 1 is 1.24 bits per heavy atom. The molecule has 0 saturated carbocycles. The maximum Gasteiger partial charge on any atom is 0.329 e. The van der Waals surface area contributed by atoms with Crippen LogP contribution < -0.4 is 5.43 Å². The maximum absolute atomic E-state index is 12.4. The summed E-state index contributed by atoms with van der Waals surface area (Å²) in [6.45, 7) is 2.81. The lowest BCUT2D eigenvalue weighted by molar-refractivity contribution is -0.147. The largest absolute Gasteiger partial charge is 0.480 e. The van der Waals surface area contributed by atoms with Crippen molar-refractivity contribution in [3.63, 3.8) is 0 Å². The second-order valence-electron chi connectivity index (χ2n) is 5.31. The normalized spacial score (nSPS) is 11.4. The average Bonchev–Trinajstić information content (AvgIpc) is 2.46. The van der Waals surface area contributed by atoms with Crippen molar-refractivity contribution in [3.8, 4) is 0 Å². The van der Waals surface area contributed by atoms with Gasteiger partial charge in [0.25, 0.3) is 5.91 Å². The predicted molar refractivity (Wildman–Crippen MR) is 78.4 cm³/mol. The standard InChI is InChI=1S/C15H16N2O4/c1-15(2,14(20)21)17(3)13(19)10-8-16-11-7-5-4-6-9(11)12(10)18/h4-8H,1-3H3,(H,16,18)(H,20,21). The van der Waals surface area contributed by atoms with E-state index in [4.69, 9.17) is 5.11 Å². The summed E-state index contributed by atoms with van der Waals surface area (Å²) in [5, 5.41) is 9.56. The minimum atomic E-state index is -1.41. The first-order valence-corrected chi connectivity index (χ1v) is 6.39. The van der Waals surface area contributed by atoms with Gasteiger partial charge in [-0.05, 0) is 26.0 Å². The fourth-order valence-corrected chi connectivity index (χ4v) is 1.90. The van der Waals surface area contributed by atoms with Gasteiger partial charge in [-0.3, -0.25) is 9.59 Å². The van der Waals surface area contributed by atoms with Crippen molar-refractivity contribution < 1.29 is 14.7 Å². The molecule has 1 aromatic heterocycles. The molecule has 0 fully saturated rings. The third-order valence-electron chi connectivity index (χ3n) is 3.69. The van der Waals surface area contributed by atoms with Crippen molar-refractivity contribution in [3.05, 3.63) is 46.2 Å². The summed E-state index contributed by atoms with van der Waals surface area (Å²) in [6, 6.07) is 6.83. The van der Waals surface area contributed by atoms with Gasteiger partial charge in [-0.2, -0.15) is 0 Å². The number of aromatic amines is 1. The average molecular weight is 288 g/mol. The predicted octanol–water partition coefficient (Wildman–Crippen LogP) is 1.46. The van der Waals surface area contributed by atoms with E-state index in [9.17, 15) is 14.4 Å². The van der Waals surface area contributed by atoms with Crippen LogP contribution in [0.25, 0.3) is 10.9 Å². The molecule has 6 nitrogen and oxygen atoms in total. The number of hydrogen-bond acceptors (Lipinski definition) is 3. The number of H-pyrrole nitrogens is 1. The van der Waals surface area contributed by atoms with Crippen LogP contribution in [-0.4, -0.2) is 39.5 Å². The van der Waals surface area contributed by atoms with Crippen molar-refractivity contribution in [2.75, 3.05) is 7.05 Å². The van der Waals surface area contributed by atoms with Gasteiger partial charge in [0, 0.05) is 24.1 Å². The summed E-state index contributed by atoms with van der Waals surface area (Å²) in [5.41, 5.74) is -1.28. The summed E-state index contributed by atoms with van der Waals surface area (Å²) >= 11 is 0. The number of carbonyl (C=O) groups is 2. The fourth-order valence-electron chi connectivity index (χ4n) is 1.90. The van der Waals surface area contributed by atoms with Gasteiger partial charge in [-0.1, -0.05) is 12.1 Å². The summed E-state index contributed by atoms with van der Waals surface area (Å²) in [6.07, 6.45) is 1.32. The summed E-state index contributed by atoms with van der Waals surface area (Å²) in [4.78, 5) is 39.9. The van der Waals surface area contributed by atoms with E-state index in [0.29, 0.717) is 10.9 Å². The molecule has 1 aromatic carbocycles. The van der Waals surface area contributed by atoms with Gasteiger partial charge in [0.15, 0.2) is 0 Å². The minimum Gasteiger partial charge on any atom is -0.480 e. The molecule has 0 aliphatic rings. The van der Waals surface area contributed by atoms with Crippen LogP contribution in [0.5, 0.6) is 0 Å². The molecule has 2 rings (SSSR count). The number of nitrogens with one attached hydrogen (secondary N) is 1. The quantitative estimate of drug-likeness (QED) is 0.894. The number of hydrogen-bond donors (Lipinski definition) is 2. The molecule has 1 heterocycles. The van der Waals surface area contributed by atoms with Gasteiger partial charge >= 0.3 is 5.97 Å². The zero-order chi connectivity index (χ0) is 15.8. The lowest BCUT2D eigenvalue weighted by Gasteiger charge is -2.31. The van der Waals surface area contributed by atoms with E-state index in [-0.39, 0.29) is 5.56 Å². The Balaban J connectivity index is 2.52. The number of carbonyl (C=O) groups excluding carboxylic acids is 1. The molecule has 0 aliphatic heterocycles. The zero-order valence-corrected chi connectivity index (χ0v) is 12.0. The molecule has 0 unspecified atom stereocenters. The lowest BCUT2D eigenvalue weighted by atomic mass is 10.0. The van der Waals surface area contributed by atoms with Crippen LogP contribution in [0.4, 0.5) is 0 Å². The van der Waals surface area contributed by atoms with Gasteiger partial charge in [-0.15, -0.1) is 0 Å². The number of aliphatic carboxylic acids is 1. The highest BCUT2D eigenvalue weighted by molar-refractivity contribution is 5.99. The van der Waals surface area contributed by atoms with Gasteiger partial charge in [0.2, 0.25) is 5.43 Å². The van der Waals surface area contributed by atoms with Crippen molar-refractivity contribution in [1.29, 1.82) is 0 Å². The highest BCUT2D eigenvalue weighted by Crippen LogP contribution is 2.16. The van der Waals surface area contributed by atoms with Crippen molar-refractivity contribution in [2.45, 2.75) is 19.4 Å². The number of fused-ring (bicyclic) bond motifs is 1. The van der Waals surface area contributed by atoms with Crippen LogP contribution in [0.2, 0.25) is 0 Å². The van der Waals surface area contributed by atoms with Crippen LogP contribution in [0, 0.1) is 0 Å². The highest BCUT2D eigenvalue weighted by Gasteiger charge is 2.36. The Labute approximate surface area is 121 Å². The first-order chi connectivity index (χ1) is 9.76. The zero-order valence-electron chi connectivity index (χ0n) is 12.0. The SMILES string of the molecule is CN(C(=O)c1c[nH]c2ccccc2c1=O)C(C)(C)C(=O)O. The van der Waals surface area contributed by atoms with Crippen LogP contribution in [-0.2, 0) is 4.79 Å². The molecule has 0 bridgehead atoms. The molecule has 0 radical (unpaired) electrons. The van der Waals surface area contributed by atoms with E-state index >= 15 is 0 Å². The summed E-state index contributed by atoms with van der Waals surface area (Å²) in [7, 11) is 1.37. The monoisotopic (exact) mass is 288 g/mol. The first kappa shape index (κ1) is 14.8. The van der Waals surface area contributed by atoms with Crippen molar-refractivity contribution >= 4 is 22.8 Å². The Bertz CT molecular complexity index is 777. The molecule has 0 aliphatic carbocycles. The van der Waals surface area contributed by atoms with E-state index in [2.05, 4.69) is 4.98 Å². The molecule has 2 aromatic rings. The smallest absolute Gasteiger partial charge is 0.329 e. The van der Waals surface area contributed by atoms with Gasteiger partial charge in [-0.25, -0.2) is 4.79 Å². The maximum atomic E-state index is 12.4. The molecule has 0 saturated heterocycles. The number of likely N-dealkylation sites (N-methyl/N-ethyl adjacent to an activating group) is 1. The number of carboxylic acid groups (broad SMARTS) is 1. The minimum absolute atomic E-state index is 0.0782. The number of nitrogens with zero attached hydrogens (tertiary/aromatic N) is 1. The number of rotatable bonds is 3. The number of benzene rings is 1. The van der Waals surface area contributed by atoms with Gasteiger partial charge < -0.3 is 15.0 Å². The van der Waals surface area contributed by atoms with Crippen molar-refractivity contribution in [2.24, 2.45) is 0 Å². The lowest BCUT2D eigenvalue weighted by Crippen LogP contribution is -2.51. The molecular formula is C15H16N2O4.